The van der Waals surface area contributed by atoms with Crippen molar-refractivity contribution in [2.45, 2.75) is 89.9 Å². The van der Waals surface area contributed by atoms with E-state index in [4.69, 9.17) is 14.6 Å². The van der Waals surface area contributed by atoms with E-state index in [1.165, 1.54) is 51.4 Å². The molecular weight excluding hydrogens is 240 g/mol. The number of ether oxygens (including phenoxy) is 2. The fourth-order valence-electron chi connectivity index (χ4n) is 2.48. The fraction of sp³-hybridized carbons (Fsp3) is 1.00. The monoisotopic (exact) mass is 272 g/mol. The molecule has 0 radical (unpaired) electrons. The Kier molecular flexibility index (Phi) is 10.4. The van der Waals surface area contributed by atoms with E-state index < -0.39 is 0 Å². The average Bonchev–Trinajstić information content (AvgIpc) is 2.42. The average molecular weight is 272 g/mol. The summed E-state index contributed by atoms with van der Waals surface area (Å²) in [6, 6.07) is 0. The molecule has 0 spiro atoms. The summed E-state index contributed by atoms with van der Waals surface area (Å²) in [6.45, 7) is 3.60. The molecule has 1 aliphatic heterocycles. The summed E-state index contributed by atoms with van der Waals surface area (Å²) in [5.41, 5.74) is 0. The molecule has 0 aromatic heterocycles. The summed E-state index contributed by atoms with van der Waals surface area (Å²) < 4.78 is 11.2. The summed E-state index contributed by atoms with van der Waals surface area (Å²) in [4.78, 5) is 0. The number of aliphatic hydroxyl groups excluding tert-OH is 1. The Morgan fingerprint density at radius 3 is 2.37 bits per heavy atom. The highest BCUT2D eigenvalue weighted by Crippen LogP contribution is 2.15. The van der Waals surface area contributed by atoms with Crippen molar-refractivity contribution in [3.05, 3.63) is 0 Å². The molecular formula is C16H32O3. The van der Waals surface area contributed by atoms with Crippen LogP contribution in [-0.2, 0) is 9.47 Å². The van der Waals surface area contributed by atoms with Gasteiger partial charge in [-0.25, -0.2) is 0 Å². The molecule has 1 fully saturated rings. The highest BCUT2D eigenvalue weighted by atomic mass is 16.7. The van der Waals surface area contributed by atoms with Gasteiger partial charge in [-0.15, -0.1) is 0 Å². The Balaban J connectivity index is 1.73. The largest absolute Gasteiger partial charge is 0.393 e. The SMILES string of the molecule is CC(O)CCCCCCCCCOC1CCCCO1. The Morgan fingerprint density at radius 1 is 1.05 bits per heavy atom. The predicted molar refractivity (Wildman–Crippen MR) is 78.2 cm³/mol. The van der Waals surface area contributed by atoms with Gasteiger partial charge in [-0.05, 0) is 39.0 Å². The lowest BCUT2D eigenvalue weighted by molar-refractivity contribution is -0.162. The lowest BCUT2D eigenvalue weighted by Crippen LogP contribution is -2.22. The van der Waals surface area contributed by atoms with Crippen molar-refractivity contribution in [2.75, 3.05) is 13.2 Å². The van der Waals surface area contributed by atoms with Crippen molar-refractivity contribution >= 4 is 0 Å². The molecule has 1 rings (SSSR count). The minimum absolute atomic E-state index is 0.0780. The van der Waals surface area contributed by atoms with Crippen molar-refractivity contribution in [3.63, 3.8) is 0 Å². The van der Waals surface area contributed by atoms with Crippen LogP contribution in [0.25, 0.3) is 0 Å². The van der Waals surface area contributed by atoms with E-state index in [2.05, 4.69) is 0 Å². The van der Waals surface area contributed by atoms with Crippen LogP contribution in [0.1, 0.15) is 77.6 Å². The van der Waals surface area contributed by atoms with Gasteiger partial charge in [-0.1, -0.05) is 38.5 Å². The van der Waals surface area contributed by atoms with Crippen LogP contribution in [0, 0.1) is 0 Å². The van der Waals surface area contributed by atoms with E-state index >= 15 is 0 Å². The first-order valence-electron chi connectivity index (χ1n) is 8.20. The summed E-state index contributed by atoms with van der Waals surface area (Å²) in [7, 11) is 0. The maximum Gasteiger partial charge on any atom is 0.157 e. The minimum Gasteiger partial charge on any atom is -0.393 e. The number of rotatable bonds is 11. The van der Waals surface area contributed by atoms with Crippen LogP contribution in [-0.4, -0.2) is 30.7 Å². The molecule has 3 heteroatoms. The highest BCUT2D eigenvalue weighted by Gasteiger charge is 2.13. The van der Waals surface area contributed by atoms with Crippen LogP contribution in [0.5, 0.6) is 0 Å². The lowest BCUT2D eigenvalue weighted by Gasteiger charge is -2.22. The molecule has 0 amide bonds. The molecule has 1 N–H and O–H groups in total. The van der Waals surface area contributed by atoms with E-state index in [0.29, 0.717) is 0 Å². The second-order valence-electron chi connectivity index (χ2n) is 5.78. The third-order valence-electron chi connectivity index (χ3n) is 3.71. The smallest absolute Gasteiger partial charge is 0.157 e. The Morgan fingerprint density at radius 2 is 1.74 bits per heavy atom. The van der Waals surface area contributed by atoms with Gasteiger partial charge in [0, 0.05) is 13.2 Å². The van der Waals surface area contributed by atoms with Gasteiger partial charge in [0.15, 0.2) is 6.29 Å². The van der Waals surface area contributed by atoms with Crippen molar-refractivity contribution in [3.8, 4) is 0 Å². The van der Waals surface area contributed by atoms with Crippen LogP contribution in [0.15, 0.2) is 0 Å². The summed E-state index contributed by atoms with van der Waals surface area (Å²) >= 11 is 0. The van der Waals surface area contributed by atoms with Crippen molar-refractivity contribution in [1.82, 2.24) is 0 Å². The van der Waals surface area contributed by atoms with Gasteiger partial charge in [0.05, 0.1) is 6.10 Å². The van der Waals surface area contributed by atoms with E-state index in [0.717, 1.165) is 32.5 Å². The normalized spacial score (nSPS) is 21.5. The predicted octanol–water partition coefficient (Wildman–Crippen LogP) is 4.03. The molecule has 0 bridgehead atoms. The van der Waals surface area contributed by atoms with Gasteiger partial charge in [-0.3, -0.25) is 0 Å². The van der Waals surface area contributed by atoms with E-state index in [-0.39, 0.29) is 12.4 Å². The molecule has 0 aliphatic carbocycles. The van der Waals surface area contributed by atoms with Crippen molar-refractivity contribution < 1.29 is 14.6 Å². The molecule has 114 valence electrons. The van der Waals surface area contributed by atoms with E-state index in [9.17, 15) is 0 Å². The van der Waals surface area contributed by atoms with E-state index in [1.807, 2.05) is 6.92 Å². The second-order valence-corrected chi connectivity index (χ2v) is 5.78. The topological polar surface area (TPSA) is 38.7 Å². The summed E-state index contributed by atoms with van der Waals surface area (Å²) in [5.74, 6) is 0. The third-order valence-corrected chi connectivity index (χ3v) is 3.71. The van der Waals surface area contributed by atoms with Gasteiger partial charge in [0.1, 0.15) is 0 Å². The Bertz CT molecular complexity index is 188. The van der Waals surface area contributed by atoms with Crippen molar-refractivity contribution in [1.29, 1.82) is 0 Å². The molecule has 19 heavy (non-hydrogen) atoms. The van der Waals surface area contributed by atoms with Gasteiger partial charge < -0.3 is 14.6 Å². The van der Waals surface area contributed by atoms with E-state index in [1.54, 1.807) is 0 Å². The third kappa shape index (κ3) is 10.3. The second kappa shape index (κ2) is 11.7. The highest BCUT2D eigenvalue weighted by molar-refractivity contribution is 4.54. The molecule has 1 saturated heterocycles. The molecule has 3 nitrogen and oxygen atoms in total. The molecule has 2 unspecified atom stereocenters. The Labute approximate surface area is 118 Å². The zero-order valence-electron chi connectivity index (χ0n) is 12.6. The molecule has 1 aliphatic rings. The molecule has 1 heterocycles. The first-order valence-corrected chi connectivity index (χ1v) is 8.20. The van der Waals surface area contributed by atoms with Crippen LogP contribution in [0.3, 0.4) is 0 Å². The number of hydrogen-bond acceptors (Lipinski definition) is 3. The minimum atomic E-state index is -0.126. The maximum atomic E-state index is 9.14. The van der Waals surface area contributed by atoms with Gasteiger partial charge in [-0.2, -0.15) is 0 Å². The van der Waals surface area contributed by atoms with Crippen molar-refractivity contribution in [2.24, 2.45) is 0 Å². The zero-order valence-corrected chi connectivity index (χ0v) is 12.6. The van der Waals surface area contributed by atoms with Crippen LogP contribution >= 0.6 is 0 Å². The number of hydrogen-bond donors (Lipinski definition) is 1. The molecule has 0 aromatic carbocycles. The van der Waals surface area contributed by atoms with Gasteiger partial charge >= 0.3 is 0 Å². The Hall–Kier alpha value is -0.120. The molecule has 2 atom stereocenters. The summed E-state index contributed by atoms with van der Waals surface area (Å²) in [5, 5.41) is 9.14. The zero-order chi connectivity index (χ0) is 13.8. The lowest BCUT2D eigenvalue weighted by atomic mass is 10.1. The molecule has 0 aromatic rings. The van der Waals surface area contributed by atoms with Gasteiger partial charge in [0.2, 0.25) is 0 Å². The van der Waals surface area contributed by atoms with Crippen LogP contribution < -0.4 is 0 Å². The quantitative estimate of drug-likeness (QED) is 0.577. The first-order chi connectivity index (χ1) is 9.29. The number of unbranched alkanes of at least 4 members (excludes halogenated alkanes) is 6. The molecule has 0 saturated carbocycles. The number of aliphatic hydroxyl groups is 1. The van der Waals surface area contributed by atoms with Crippen LogP contribution in [0.4, 0.5) is 0 Å². The maximum absolute atomic E-state index is 9.14. The summed E-state index contributed by atoms with van der Waals surface area (Å²) in [6.07, 6.45) is 13.2. The van der Waals surface area contributed by atoms with Gasteiger partial charge in [0.25, 0.3) is 0 Å². The standard InChI is InChI=1S/C16H32O3/c1-15(17)11-7-5-3-2-4-6-9-13-18-16-12-8-10-14-19-16/h15-17H,2-14H2,1H3. The first kappa shape index (κ1) is 16.9. The van der Waals surface area contributed by atoms with Crippen LogP contribution in [0.2, 0.25) is 0 Å². The fourth-order valence-corrected chi connectivity index (χ4v) is 2.48.